The predicted octanol–water partition coefficient (Wildman–Crippen LogP) is 5.52. The molecule has 29 heavy (non-hydrogen) atoms. The van der Waals surface area contributed by atoms with E-state index in [9.17, 15) is 14.7 Å². The third kappa shape index (κ3) is 4.12. The Morgan fingerprint density at radius 2 is 1.76 bits per heavy atom. The number of carboxylic acids is 1. The Bertz CT molecular complexity index is 1070. The van der Waals surface area contributed by atoms with E-state index in [0.29, 0.717) is 10.4 Å². The van der Waals surface area contributed by atoms with Gasteiger partial charge in [0.25, 0.3) is 0 Å². The molecule has 1 heterocycles. The normalized spacial score (nSPS) is 10.6. The molecule has 5 nitrogen and oxygen atoms in total. The number of carboxylic acid groups (broad SMARTS) is 1. The molecule has 148 valence electrons. The number of thiophene rings is 1. The zero-order chi connectivity index (χ0) is 21.0. The van der Waals surface area contributed by atoms with Gasteiger partial charge < -0.3 is 15.3 Å². The van der Waals surface area contributed by atoms with Crippen molar-refractivity contribution >= 4 is 29.5 Å². The maximum Gasteiger partial charge on any atom is 0.348 e. The molecule has 0 aliphatic rings. The van der Waals surface area contributed by atoms with E-state index in [4.69, 9.17) is 10.1 Å². The number of carbonyl (C=O) groups excluding carboxylic acids is 1. The zero-order valence-corrected chi connectivity index (χ0v) is 17.0. The molecule has 6 heteroatoms. The van der Waals surface area contributed by atoms with Crippen molar-refractivity contribution in [2.24, 2.45) is 0 Å². The molecule has 0 unspecified atom stereocenters. The number of aromatic carboxylic acids is 1. The molecule has 0 saturated heterocycles. The number of rotatable bonds is 7. The van der Waals surface area contributed by atoms with Crippen LogP contribution in [0, 0.1) is 5.41 Å². The molecule has 2 N–H and O–H groups in total. The van der Waals surface area contributed by atoms with Crippen LogP contribution in [-0.2, 0) is 11.2 Å². The molecule has 3 aromatic rings. The summed E-state index contributed by atoms with van der Waals surface area (Å²) in [6.45, 7) is 4.05. The fourth-order valence-electron chi connectivity index (χ4n) is 3.19. The minimum atomic E-state index is -0.969. The second-order valence-electron chi connectivity index (χ2n) is 6.32. The topological polar surface area (TPSA) is 87.5 Å². The standard InChI is InChI=1S/C23H21NO4S/c1-3-19-18(13-24)20(21(29-19)23(27)28-4-2)15-10-8-14(9-11-15)16-6-5-7-17(12-16)22(25)26/h5-13,24H,3-4H2,1-2H3,(H,25,26). The number of aryl methyl sites for hydroxylation is 1. The highest BCUT2D eigenvalue weighted by molar-refractivity contribution is 7.15. The summed E-state index contributed by atoms with van der Waals surface area (Å²) in [4.78, 5) is 25.2. The van der Waals surface area contributed by atoms with E-state index in [2.05, 4.69) is 0 Å². The van der Waals surface area contributed by atoms with Crippen LogP contribution in [0.3, 0.4) is 0 Å². The molecule has 0 fully saturated rings. The molecule has 0 aliphatic heterocycles. The summed E-state index contributed by atoms with van der Waals surface area (Å²) in [6.07, 6.45) is 2.01. The molecular formula is C23H21NO4S. The Labute approximate surface area is 173 Å². The van der Waals surface area contributed by atoms with E-state index in [-0.39, 0.29) is 18.1 Å². The van der Waals surface area contributed by atoms with Crippen LogP contribution in [0.5, 0.6) is 0 Å². The number of hydrogen-bond acceptors (Lipinski definition) is 5. The van der Waals surface area contributed by atoms with Crippen molar-refractivity contribution in [3.8, 4) is 22.3 Å². The van der Waals surface area contributed by atoms with Gasteiger partial charge in [-0.05, 0) is 42.2 Å². The quantitative estimate of drug-likeness (QED) is 0.399. The van der Waals surface area contributed by atoms with Crippen molar-refractivity contribution in [3.63, 3.8) is 0 Å². The van der Waals surface area contributed by atoms with Crippen LogP contribution in [0.25, 0.3) is 22.3 Å². The molecule has 0 amide bonds. The maximum atomic E-state index is 12.5. The predicted molar refractivity (Wildman–Crippen MR) is 115 cm³/mol. The lowest BCUT2D eigenvalue weighted by atomic mass is 9.96. The highest BCUT2D eigenvalue weighted by Crippen LogP contribution is 2.37. The van der Waals surface area contributed by atoms with Gasteiger partial charge in [0, 0.05) is 22.2 Å². The SMILES string of the molecule is CCOC(=O)c1sc(CC)c(C=N)c1-c1ccc(-c2cccc(C(=O)O)c2)cc1. The second-order valence-corrected chi connectivity index (χ2v) is 7.43. The number of hydrogen-bond donors (Lipinski definition) is 2. The lowest BCUT2D eigenvalue weighted by Crippen LogP contribution is -2.04. The molecule has 1 aromatic heterocycles. The summed E-state index contributed by atoms with van der Waals surface area (Å²) >= 11 is 1.37. The van der Waals surface area contributed by atoms with E-state index in [1.807, 2.05) is 37.3 Å². The van der Waals surface area contributed by atoms with Gasteiger partial charge in [-0.15, -0.1) is 11.3 Å². The fourth-order valence-corrected chi connectivity index (χ4v) is 4.33. The van der Waals surface area contributed by atoms with Gasteiger partial charge in [-0.25, -0.2) is 9.59 Å². The number of benzene rings is 2. The maximum absolute atomic E-state index is 12.5. The minimum Gasteiger partial charge on any atom is -0.478 e. The van der Waals surface area contributed by atoms with Crippen molar-refractivity contribution in [2.75, 3.05) is 6.61 Å². The first-order chi connectivity index (χ1) is 14.0. The Kier molecular flexibility index (Phi) is 6.24. The van der Waals surface area contributed by atoms with Crippen LogP contribution in [0.15, 0.2) is 48.5 Å². The Morgan fingerprint density at radius 3 is 2.34 bits per heavy atom. The van der Waals surface area contributed by atoms with Crippen molar-refractivity contribution in [2.45, 2.75) is 20.3 Å². The van der Waals surface area contributed by atoms with Crippen LogP contribution in [0.4, 0.5) is 0 Å². The summed E-state index contributed by atoms with van der Waals surface area (Å²) in [7, 11) is 0. The van der Waals surface area contributed by atoms with E-state index in [0.717, 1.165) is 33.6 Å². The third-order valence-electron chi connectivity index (χ3n) is 4.56. The first-order valence-corrected chi connectivity index (χ1v) is 10.1. The van der Waals surface area contributed by atoms with Crippen molar-refractivity contribution in [1.82, 2.24) is 0 Å². The monoisotopic (exact) mass is 407 g/mol. The average Bonchev–Trinajstić information content (AvgIpc) is 3.13. The van der Waals surface area contributed by atoms with Gasteiger partial charge in [0.15, 0.2) is 0 Å². The molecule has 2 aromatic carbocycles. The molecule has 0 saturated carbocycles. The summed E-state index contributed by atoms with van der Waals surface area (Å²) in [5, 5.41) is 17.0. The van der Waals surface area contributed by atoms with Crippen molar-refractivity contribution in [1.29, 1.82) is 5.41 Å². The minimum absolute atomic E-state index is 0.229. The molecule has 0 spiro atoms. The zero-order valence-electron chi connectivity index (χ0n) is 16.2. The van der Waals surface area contributed by atoms with Crippen LogP contribution in [0.2, 0.25) is 0 Å². The fraction of sp³-hybridized carbons (Fsp3) is 0.174. The van der Waals surface area contributed by atoms with E-state index in [1.165, 1.54) is 17.6 Å². The number of nitrogens with one attached hydrogen (secondary N) is 1. The average molecular weight is 407 g/mol. The molecule has 0 atom stereocenters. The van der Waals surface area contributed by atoms with Crippen molar-refractivity contribution in [3.05, 3.63) is 69.4 Å². The van der Waals surface area contributed by atoms with Crippen LogP contribution >= 0.6 is 11.3 Å². The summed E-state index contributed by atoms with van der Waals surface area (Å²) in [6, 6.07) is 14.3. The highest BCUT2D eigenvalue weighted by Gasteiger charge is 2.23. The molecule has 0 bridgehead atoms. The first kappa shape index (κ1) is 20.5. The van der Waals surface area contributed by atoms with E-state index < -0.39 is 5.97 Å². The Morgan fingerprint density at radius 1 is 1.07 bits per heavy atom. The van der Waals surface area contributed by atoms with Crippen LogP contribution in [-0.4, -0.2) is 29.9 Å². The van der Waals surface area contributed by atoms with E-state index in [1.54, 1.807) is 25.1 Å². The number of esters is 1. The van der Waals surface area contributed by atoms with Crippen LogP contribution < -0.4 is 0 Å². The Hall–Kier alpha value is -3.25. The smallest absolute Gasteiger partial charge is 0.348 e. The largest absolute Gasteiger partial charge is 0.478 e. The number of carbonyl (C=O) groups is 2. The molecule has 0 radical (unpaired) electrons. The first-order valence-electron chi connectivity index (χ1n) is 9.27. The number of ether oxygens (including phenoxy) is 1. The molecule has 3 rings (SSSR count). The summed E-state index contributed by atoms with van der Waals surface area (Å²) in [5.41, 5.74) is 4.17. The third-order valence-corrected chi connectivity index (χ3v) is 5.89. The van der Waals surface area contributed by atoms with E-state index >= 15 is 0 Å². The summed E-state index contributed by atoms with van der Waals surface area (Å²) in [5.74, 6) is -1.35. The highest BCUT2D eigenvalue weighted by atomic mass is 32.1. The second kappa shape index (κ2) is 8.84. The van der Waals surface area contributed by atoms with Gasteiger partial charge in [-0.3, -0.25) is 0 Å². The van der Waals surface area contributed by atoms with Gasteiger partial charge in [-0.1, -0.05) is 43.3 Å². The molecule has 0 aliphatic carbocycles. The van der Waals surface area contributed by atoms with Crippen molar-refractivity contribution < 1.29 is 19.4 Å². The molecular weight excluding hydrogens is 386 g/mol. The lowest BCUT2D eigenvalue weighted by molar-refractivity contribution is 0.0532. The van der Waals surface area contributed by atoms with Gasteiger partial charge >= 0.3 is 11.9 Å². The lowest BCUT2D eigenvalue weighted by Gasteiger charge is -2.08. The van der Waals surface area contributed by atoms with Gasteiger partial charge in [-0.2, -0.15) is 0 Å². The van der Waals surface area contributed by atoms with Crippen LogP contribution in [0.1, 0.15) is 44.3 Å². The van der Waals surface area contributed by atoms with Gasteiger partial charge in [0.05, 0.1) is 12.2 Å². The van der Waals surface area contributed by atoms with Gasteiger partial charge in [0.1, 0.15) is 4.88 Å². The summed E-state index contributed by atoms with van der Waals surface area (Å²) < 4.78 is 5.22. The van der Waals surface area contributed by atoms with Gasteiger partial charge in [0.2, 0.25) is 0 Å². The Balaban J connectivity index is 2.07.